The van der Waals surface area contributed by atoms with Crippen molar-refractivity contribution in [2.24, 2.45) is 0 Å². The molecule has 2 heterocycles. The minimum Gasteiger partial charge on any atom is -0.496 e. The van der Waals surface area contributed by atoms with Gasteiger partial charge in [-0.3, -0.25) is 14.4 Å². The van der Waals surface area contributed by atoms with Gasteiger partial charge in [-0.05, 0) is 67.6 Å². The van der Waals surface area contributed by atoms with Crippen molar-refractivity contribution in [1.82, 2.24) is 15.5 Å². The summed E-state index contributed by atoms with van der Waals surface area (Å²) in [4.78, 5) is 39.5. The van der Waals surface area contributed by atoms with Crippen LogP contribution in [0.4, 0.5) is 10.8 Å². The van der Waals surface area contributed by atoms with E-state index in [0.717, 1.165) is 15.5 Å². The van der Waals surface area contributed by atoms with Gasteiger partial charge in [-0.2, -0.15) is 0 Å². The number of rotatable bonds is 12. The maximum atomic E-state index is 13.4. The Kier molecular flexibility index (Phi) is 10.4. The van der Waals surface area contributed by atoms with Crippen molar-refractivity contribution in [2.45, 2.75) is 18.2 Å². The summed E-state index contributed by atoms with van der Waals surface area (Å²) in [6, 6.07) is 26.8. The summed E-state index contributed by atoms with van der Waals surface area (Å²) >= 11 is 2.84. The number of nitrogens with one attached hydrogen (secondary N) is 3. The molecule has 5 rings (SSSR count). The zero-order chi connectivity index (χ0) is 31.6. The highest BCUT2D eigenvalue weighted by atomic mass is 32.2. The number of para-hydroxylation sites is 1. The van der Waals surface area contributed by atoms with Crippen LogP contribution in [0.1, 0.15) is 27.5 Å². The quantitative estimate of drug-likeness (QED) is 0.102. The first-order valence-corrected chi connectivity index (χ1v) is 15.6. The minimum absolute atomic E-state index is 0.000122. The Hall–Kier alpha value is -5.20. The Labute approximate surface area is 267 Å². The van der Waals surface area contributed by atoms with Gasteiger partial charge in [-0.25, -0.2) is 0 Å². The SMILES string of the molecule is COc1ccccc1-c1ccc(/C=C(\NC(=O)c2ccccc2)C(=O)Nc2ccc(SCCC(=O)Nc3nnc(C)s3)cc2)o1. The minimum atomic E-state index is -0.529. The summed E-state index contributed by atoms with van der Waals surface area (Å²) in [5.74, 6) is 1.02. The number of thioether (sulfide) groups is 1. The van der Waals surface area contributed by atoms with Crippen LogP contribution in [-0.2, 0) is 9.59 Å². The van der Waals surface area contributed by atoms with E-state index in [2.05, 4.69) is 26.1 Å². The van der Waals surface area contributed by atoms with Crippen LogP contribution in [0, 0.1) is 6.92 Å². The van der Waals surface area contributed by atoms with E-state index < -0.39 is 11.8 Å². The van der Waals surface area contributed by atoms with Crippen LogP contribution in [0.15, 0.2) is 106 Å². The summed E-state index contributed by atoms with van der Waals surface area (Å²) in [5.41, 5.74) is 1.69. The van der Waals surface area contributed by atoms with Gasteiger partial charge in [0.05, 0.1) is 12.7 Å². The number of hydrogen-bond acceptors (Lipinski definition) is 9. The molecule has 2 aromatic heterocycles. The number of carbonyl (C=O) groups is 3. The highest BCUT2D eigenvalue weighted by Gasteiger charge is 2.17. The molecule has 0 atom stereocenters. The number of methoxy groups -OCH3 is 1. The first-order valence-electron chi connectivity index (χ1n) is 13.8. The van der Waals surface area contributed by atoms with Gasteiger partial charge in [0, 0.05) is 34.4 Å². The third-order valence-electron chi connectivity index (χ3n) is 6.30. The topological polar surface area (TPSA) is 135 Å². The number of furan rings is 1. The average Bonchev–Trinajstić information content (AvgIpc) is 3.70. The predicted octanol–water partition coefficient (Wildman–Crippen LogP) is 6.65. The average molecular weight is 640 g/mol. The standard InChI is InChI=1S/C33H29N5O5S2/c1-21-37-38-33(45-21)36-30(39)18-19-44-25-15-12-23(13-16-25)34-32(41)27(35-31(40)22-8-4-3-5-9-22)20-24-14-17-29(43-24)26-10-6-7-11-28(26)42-2/h3-17,20H,18-19H2,1-2H3,(H,34,41)(H,35,40)(H,36,38,39)/b27-20-. The molecule has 12 heteroatoms. The van der Waals surface area contributed by atoms with E-state index in [9.17, 15) is 14.4 Å². The van der Waals surface area contributed by atoms with Crippen LogP contribution < -0.4 is 20.7 Å². The Morgan fingerprint density at radius 3 is 2.40 bits per heavy atom. The lowest BCUT2D eigenvalue weighted by Crippen LogP contribution is -2.30. The second-order valence-electron chi connectivity index (χ2n) is 9.53. The molecule has 45 heavy (non-hydrogen) atoms. The molecule has 0 aliphatic rings. The summed E-state index contributed by atoms with van der Waals surface area (Å²) in [6.45, 7) is 1.83. The number of ether oxygens (including phenoxy) is 1. The lowest BCUT2D eigenvalue weighted by atomic mass is 10.1. The second-order valence-corrected chi connectivity index (χ2v) is 11.9. The normalized spacial score (nSPS) is 11.1. The fourth-order valence-electron chi connectivity index (χ4n) is 4.13. The number of aromatic nitrogens is 2. The van der Waals surface area contributed by atoms with E-state index in [-0.39, 0.29) is 11.6 Å². The van der Waals surface area contributed by atoms with Crippen molar-refractivity contribution >= 4 is 57.7 Å². The van der Waals surface area contributed by atoms with Gasteiger partial charge >= 0.3 is 0 Å². The van der Waals surface area contributed by atoms with E-state index in [1.165, 1.54) is 29.2 Å². The molecule has 10 nitrogen and oxygen atoms in total. The number of nitrogens with zero attached hydrogens (tertiary/aromatic N) is 2. The molecule has 0 saturated carbocycles. The number of anilines is 2. The third kappa shape index (κ3) is 8.68. The Morgan fingerprint density at radius 1 is 0.911 bits per heavy atom. The van der Waals surface area contributed by atoms with Gasteiger partial charge < -0.3 is 25.1 Å². The van der Waals surface area contributed by atoms with Crippen LogP contribution in [0.5, 0.6) is 5.75 Å². The smallest absolute Gasteiger partial charge is 0.272 e. The van der Waals surface area contributed by atoms with E-state index >= 15 is 0 Å². The van der Waals surface area contributed by atoms with Gasteiger partial charge in [0.15, 0.2) is 0 Å². The molecular weight excluding hydrogens is 611 g/mol. The predicted molar refractivity (Wildman–Crippen MR) is 176 cm³/mol. The van der Waals surface area contributed by atoms with Gasteiger partial charge in [0.25, 0.3) is 11.8 Å². The number of benzene rings is 3. The van der Waals surface area contributed by atoms with Crippen LogP contribution in [0.3, 0.4) is 0 Å². The van der Waals surface area contributed by atoms with Crippen LogP contribution in [0.2, 0.25) is 0 Å². The zero-order valence-corrected chi connectivity index (χ0v) is 26.0. The molecule has 0 aliphatic carbocycles. The molecule has 3 amide bonds. The molecule has 3 aromatic carbocycles. The van der Waals surface area contributed by atoms with Crippen LogP contribution in [0.25, 0.3) is 17.4 Å². The Morgan fingerprint density at radius 2 is 1.67 bits per heavy atom. The van der Waals surface area contributed by atoms with Crippen molar-refractivity contribution in [3.8, 4) is 17.1 Å². The first-order chi connectivity index (χ1) is 21.9. The number of aryl methyl sites for hydroxylation is 1. The Bertz CT molecular complexity index is 1820. The zero-order valence-electron chi connectivity index (χ0n) is 24.4. The van der Waals surface area contributed by atoms with Gasteiger partial charge in [-0.1, -0.05) is 41.7 Å². The largest absolute Gasteiger partial charge is 0.496 e. The van der Waals surface area contributed by atoms with Gasteiger partial charge in [-0.15, -0.1) is 22.0 Å². The van der Waals surface area contributed by atoms with Crippen LogP contribution >= 0.6 is 23.1 Å². The molecule has 0 fully saturated rings. The number of hydrogen-bond donors (Lipinski definition) is 3. The molecule has 0 saturated heterocycles. The fraction of sp³-hybridized carbons (Fsp3) is 0.121. The van der Waals surface area contributed by atoms with E-state index in [0.29, 0.717) is 45.8 Å². The summed E-state index contributed by atoms with van der Waals surface area (Å²) in [5, 5.41) is 17.4. The number of carbonyl (C=O) groups excluding carboxylic acids is 3. The van der Waals surface area contributed by atoms with Crippen molar-refractivity contribution in [1.29, 1.82) is 0 Å². The molecule has 0 bridgehead atoms. The van der Waals surface area contributed by atoms with Crippen molar-refractivity contribution in [3.63, 3.8) is 0 Å². The third-order valence-corrected chi connectivity index (χ3v) is 8.06. The summed E-state index contributed by atoms with van der Waals surface area (Å²) in [7, 11) is 1.58. The van der Waals surface area contributed by atoms with E-state index in [1.807, 2.05) is 43.3 Å². The fourth-order valence-corrected chi connectivity index (χ4v) is 5.59. The summed E-state index contributed by atoms with van der Waals surface area (Å²) in [6.07, 6.45) is 1.79. The molecule has 5 aromatic rings. The molecule has 3 N–H and O–H groups in total. The summed E-state index contributed by atoms with van der Waals surface area (Å²) < 4.78 is 11.4. The van der Waals surface area contributed by atoms with Crippen molar-refractivity contribution in [3.05, 3.63) is 113 Å². The van der Waals surface area contributed by atoms with Crippen molar-refractivity contribution < 1.29 is 23.5 Å². The molecule has 0 radical (unpaired) electrons. The second kappa shape index (κ2) is 15.0. The Balaban J connectivity index is 1.25. The monoisotopic (exact) mass is 639 g/mol. The lowest BCUT2D eigenvalue weighted by molar-refractivity contribution is -0.116. The van der Waals surface area contributed by atoms with E-state index in [1.54, 1.807) is 61.7 Å². The molecule has 228 valence electrons. The number of amides is 3. The first kappa shape index (κ1) is 31.2. The molecular formula is C33H29N5O5S2. The highest BCUT2D eigenvalue weighted by Crippen LogP contribution is 2.31. The molecule has 0 spiro atoms. The maximum absolute atomic E-state index is 13.4. The maximum Gasteiger partial charge on any atom is 0.272 e. The molecule has 0 unspecified atom stereocenters. The molecule has 0 aliphatic heterocycles. The van der Waals surface area contributed by atoms with Gasteiger partial charge in [0.2, 0.25) is 11.0 Å². The van der Waals surface area contributed by atoms with Crippen LogP contribution in [-0.4, -0.2) is 40.8 Å². The van der Waals surface area contributed by atoms with Crippen molar-refractivity contribution in [2.75, 3.05) is 23.5 Å². The lowest BCUT2D eigenvalue weighted by Gasteiger charge is -2.11. The van der Waals surface area contributed by atoms with Gasteiger partial charge in [0.1, 0.15) is 28.0 Å². The van der Waals surface area contributed by atoms with E-state index in [4.69, 9.17) is 9.15 Å². The highest BCUT2D eigenvalue weighted by molar-refractivity contribution is 7.99.